The van der Waals surface area contributed by atoms with Gasteiger partial charge in [0.05, 0.1) is 31.4 Å². The summed E-state index contributed by atoms with van der Waals surface area (Å²) in [6, 6.07) is 15.8. The molecule has 2 aromatic rings. The van der Waals surface area contributed by atoms with Crippen LogP contribution in [-0.4, -0.2) is 72.6 Å². The molecule has 4 rings (SSSR count). The highest BCUT2D eigenvalue weighted by molar-refractivity contribution is 6.46. The van der Waals surface area contributed by atoms with E-state index in [0.29, 0.717) is 24.5 Å². The van der Waals surface area contributed by atoms with Crippen molar-refractivity contribution in [2.75, 3.05) is 46.0 Å². The van der Waals surface area contributed by atoms with Crippen LogP contribution in [0.4, 0.5) is 0 Å². The number of ketones is 1. The van der Waals surface area contributed by atoms with E-state index in [-0.39, 0.29) is 11.3 Å². The van der Waals surface area contributed by atoms with Crippen molar-refractivity contribution in [3.8, 4) is 5.75 Å². The molecule has 1 unspecified atom stereocenters. The first-order valence-electron chi connectivity index (χ1n) is 12.0. The Balaban J connectivity index is 1.61. The Hall–Kier alpha value is -3.16. The van der Waals surface area contributed by atoms with Crippen LogP contribution in [0.1, 0.15) is 36.9 Å². The lowest BCUT2D eigenvalue weighted by Gasteiger charge is -2.29. The smallest absolute Gasteiger partial charge is 0.295 e. The van der Waals surface area contributed by atoms with Gasteiger partial charge in [0.2, 0.25) is 0 Å². The molecular formula is C27H32N2O5. The molecule has 0 saturated carbocycles. The fraction of sp³-hybridized carbons (Fsp3) is 0.407. The van der Waals surface area contributed by atoms with Gasteiger partial charge in [-0.15, -0.1) is 0 Å². The number of morpholine rings is 1. The molecule has 2 heterocycles. The molecule has 1 N–H and O–H groups in total. The van der Waals surface area contributed by atoms with Crippen LogP contribution >= 0.6 is 0 Å². The van der Waals surface area contributed by atoms with Crippen molar-refractivity contribution >= 4 is 17.4 Å². The third-order valence-corrected chi connectivity index (χ3v) is 6.23. The number of benzene rings is 2. The zero-order valence-electron chi connectivity index (χ0n) is 19.6. The lowest BCUT2D eigenvalue weighted by Crippen LogP contribution is -2.38. The summed E-state index contributed by atoms with van der Waals surface area (Å²) in [5.74, 6) is -0.684. The third kappa shape index (κ3) is 5.32. The number of aliphatic hydroxyl groups excluding tert-OH is 1. The second-order valence-corrected chi connectivity index (χ2v) is 8.58. The van der Waals surface area contributed by atoms with Gasteiger partial charge in [-0.05, 0) is 42.7 Å². The molecule has 2 aliphatic heterocycles. The number of carbonyl (C=O) groups excluding carboxylic acids is 2. The molecule has 1 atom stereocenters. The molecule has 2 saturated heterocycles. The Morgan fingerprint density at radius 3 is 2.41 bits per heavy atom. The zero-order chi connectivity index (χ0) is 23.9. The number of rotatable bonds is 9. The molecule has 7 heteroatoms. The van der Waals surface area contributed by atoms with Crippen LogP contribution in [0.3, 0.4) is 0 Å². The molecule has 180 valence electrons. The maximum Gasteiger partial charge on any atom is 0.295 e. The molecule has 7 nitrogen and oxygen atoms in total. The minimum Gasteiger partial charge on any atom is -0.507 e. The van der Waals surface area contributed by atoms with Crippen LogP contribution in [0.25, 0.3) is 5.76 Å². The summed E-state index contributed by atoms with van der Waals surface area (Å²) < 4.78 is 11.0. The Bertz CT molecular complexity index is 1010. The van der Waals surface area contributed by atoms with E-state index < -0.39 is 17.7 Å². The largest absolute Gasteiger partial charge is 0.507 e. The number of likely N-dealkylation sites (tertiary alicyclic amines) is 1. The van der Waals surface area contributed by atoms with Gasteiger partial charge >= 0.3 is 0 Å². The van der Waals surface area contributed by atoms with Gasteiger partial charge in [-0.25, -0.2) is 0 Å². The van der Waals surface area contributed by atoms with Crippen LogP contribution < -0.4 is 4.74 Å². The molecule has 1 amide bonds. The summed E-state index contributed by atoms with van der Waals surface area (Å²) in [7, 11) is 0. The Morgan fingerprint density at radius 2 is 1.74 bits per heavy atom. The molecule has 34 heavy (non-hydrogen) atoms. The highest BCUT2D eigenvalue weighted by atomic mass is 16.5. The second kappa shape index (κ2) is 11.3. The van der Waals surface area contributed by atoms with E-state index in [1.54, 1.807) is 29.2 Å². The maximum atomic E-state index is 13.1. The fourth-order valence-electron chi connectivity index (χ4n) is 4.47. The van der Waals surface area contributed by atoms with Crippen molar-refractivity contribution < 1.29 is 24.2 Å². The summed E-state index contributed by atoms with van der Waals surface area (Å²) in [6.45, 7) is 7.08. The molecule has 0 radical (unpaired) electrons. The fourth-order valence-corrected chi connectivity index (χ4v) is 4.47. The Labute approximate surface area is 200 Å². The first kappa shape index (κ1) is 24.0. The topological polar surface area (TPSA) is 79.3 Å². The SMILES string of the molecule is CCCOc1ccc(/C(O)=C2/C(=O)C(=O)N(CCCN3CCOCC3)C2c2ccccc2)cc1. The van der Waals surface area contributed by atoms with Crippen LogP contribution in [-0.2, 0) is 14.3 Å². The summed E-state index contributed by atoms with van der Waals surface area (Å²) >= 11 is 0. The lowest BCUT2D eigenvalue weighted by atomic mass is 9.95. The standard InChI is InChI=1S/C27H32N2O5/c1-2-17-34-22-11-9-21(10-12-22)25(30)23-24(20-7-4-3-5-8-20)29(27(32)26(23)31)14-6-13-28-15-18-33-19-16-28/h3-5,7-12,24,30H,2,6,13-19H2,1H3/b25-23-. The zero-order valence-corrected chi connectivity index (χ0v) is 19.6. The first-order valence-corrected chi connectivity index (χ1v) is 12.0. The van der Waals surface area contributed by atoms with Gasteiger partial charge in [0, 0.05) is 31.7 Å². The molecular weight excluding hydrogens is 432 g/mol. The Morgan fingerprint density at radius 1 is 1.03 bits per heavy atom. The number of amides is 1. The predicted octanol–water partition coefficient (Wildman–Crippen LogP) is 3.62. The number of ether oxygens (including phenoxy) is 2. The van der Waals surface area contributed by atoms with Gasteiger partial charge in [0.25, 0.3) is 11.7 Å². The van der Waals surface area contributed by atoms with Gasteiger partial charge in [-0.1, -0.05) is 37.3 Å². The van der Waals surface area contributed by atoms with Gasteiger partial charge < -0.3 is 19.5 Å². The summed E-state index contributed by atoms with van der Waals surface area (Å²) in [6.07, 6.45) is 1.63. The number of hydrogen-bond donors (Lipinski definition) is 1. The van der Waals surface area contributed by atoms with Gasteiger partial charge in [0.15, 0.2) is 0 Å². The minimum atomic E-state index is -0.649. The Kier molecular flexibility index (Phi) is 7.98. The van der Waals surface area contributed by atoms with Crippen molar-refractivity contribution in [2.45, 2.75) is 25.8 Å². The average Bonchev–Trinajstić information content (AvgIpc) is 3.13. The number of carbonyl (C=O) groups is 2. The number of Topliss-reactive ketones (excluding diaryl/α,β-unsaturated/α-hetero) is 1. The summed E-state index contributed by atoms with van der Waals surface area (Å²) in [5, 5.41) is 11.2. The van der Waals surface area contributed by atoms with E-state index in [9.17, 15) is 14.7 Å². The summed E-state index contributed by atoms with van der Waals surface area (Å²) in [5.41, 5.74) is 1.42. The predicted molar refractivity (Wildman–Crippen MR) is 130 cm³/mol. The van der Waals surface area contributed by atoms with Gasteiger partial charge in [-0.3, -0.25) is 14.5 Å². The highest BCUT2D eigenvalue weighted by Gasteiger charge is 2.45. The quantitative estimate of drug-likeness (QED) is 0.347. The lowest BCUT2D eigenvalue weighted by molar-refractivity contribution is -0.140. The number of nitrogens with zero attached hydrogens (tertiary/aromatic N) is 2. The van der Waals surface area contributed by atoms with Crippen LogP contribution in [0.5, 0.6) is 5.75 Å². The second-order valence-electron chi connectivity index (χ2n) is 8.58. The first-order chi connectivity index (χ1) is 16.6. The van der Waals surface area contributed by atoms with E-state index >= 15 is 0 Å². The van der Waals surface area contributed by atoms with E-state index in [4.69, 9.17) is 9.47 Å². The van der Waals surface area contributed by atoms with Gasteiger partial charge in [0.1, 0.15) is 11.5 Å². The molecule has 2 aromatic carbocycles. The molecule has 0 spiro atoms. The van der Waals surface area contributed by atoms with E-state index in [0.717, 1.165) is 51.3 Å². The minimum absolute atomic E-state index is 0.129. The molecule has 2 fully saturated rings. The normalized spacial score (nSPS) is 20.6. The highest BCUT2D eigenvalue weighted by Crippen LogP contribution is 2.39. The molecule has 0 aromatic heterocycles. The van der Waals surface area contributed by atoms with Crippen LogP contribution in [0.2, 0.25) is 0 Å². The van der Waals surface area contributed by atoms with Crippen molar-refractivity contribution in [1.82, 2.24) is 9.80 Å². The summed E-state index contributed by atoms with van der Waals surface area (Å²) in [4.78, 5) is 30.1. The number of hydrogen-bond acceptors (Lipinski definition) is 6. The maximum absolute atomic E-state index is 13.1. The van der Waals surface area contributed by atoms with Crippen molar-refractivity contribution in [1.29, 1.82) is 0 Å². The molecule has 0 bridgehead atoms. The van der Waals surface area contributed by atoms with Gasteiger partial charge in [-0.2, -0.15) is 0 Å². The number of aliphatic hydroxyl groups is 1. The van der Waals surface area contributed by atoms with Crippen molar-refractivity contribution in [3.05, 3.63) is 71.3 Å². The van der Waals surface area contributed by atoms with Crippen LogP contribution in [0, 0.1) is 0 Å². The van der Waals surface area contributed by atoms with E-state index in [2.05, 4.69) is 4.90 Å². The van der Waals surface area contributed by atoms with E-state index in [1.165, 1.54) is 0 Å². The average molecular weight is 465 g/mol. The monoisotopic (exact) mass is 464 g/mol. The third-order valence-electron chi connectivity index (χ3n) is 6.23. The van der Waals surface area contributed by atoms with Crippen LogP contribution in [0.15, 0.2) is 60.2 Å². The van der Waals surface area contributed by atoms with Crippen molar-refractivity contribution in [2.24, 2.45) is 0 Å². The van der Waals surface area contributed by atoms with E-state index in [1.807, 2.05) is 37.3 Å². The molecule has 0 aliphatic carbocycles. The van der Waals surface area contributed by atoms with Crippen molar-refractivity contribution in [3.63, 3.8) is 0 Å². The molecule has 2 aliphatic rings.